The van der Waals surface area contributed by atoms with E-state index in [1.807, 2.05) is 0 Å². The molecule has 1 atom stereocenters. The second-order valence-electron chi connectivity index (χ2n) is 5.86. The van der Waals surface area contributed by atoms with Crippen molar-refractivity contribution in [2.24, 2.45) is 0 Å². The highest BCUT2D eigenvalue weighted by molar-refractivity contribution is 7.89. The Labute approximate surface area is 165 Å². The second-order valence-corrected chi connectivity index (χ2v) is 7.98. The molecule has 0 radical (unpaired) electrons. The summed E-state index contributed by atoms with van der Waals surface area (Å²) in [6, 6.07) is 14.9. The summed E-state index contributed by atoms with van der Waals surface area (Å²) in [7, 11) is -4.55. The van der Waals surface area contributed by atoms with Gasteiger partial charge in [-0.1, -0.05) is 48.0 Å². The molecule has 28 heavy (non-hydrogen) atoms. The third-order valence-electron chi connectivity index (χ3n) is 3.93. The highest BCUT2D eigenvalue weighted by Crippen LogP contribution is 2.36. The molecule has 0 saturated heterocycles. The van der Waals surface area contributed by atoms with Crippen molar-refractivity contribution in [2.45, 2.75) is 17.1 Å². The van der Waals surface area contributed by atoms with Crippen molar-refractivity contribution in [2.75, 3.05) is 0 Å². The monoisotopic (exact) mass is 426 g/mol. The van der Waals surface area contributed by atoms with E-state index in [0.717, 1.165) is 12.1 Å². The zero-order valence-corrected chi connectivity index (χ0v) is 15.8. The minimum absolute atomic E-state index is 0.212. The molecule has 4 nitrogen and oxygen atoms in total. The minimum atomic E-state index is -4.89. The number of sulfonamides is 1. The third-order valence-corrected chi connectivity index (χ3v) is 5.64. The Bertz CT molecular complexity index is 1020. The number of alkyl halides is 3. The predicted octanol–water partition coefficient (Wildman–Crippen LogP) is 4.82. The zero-order chi connectivity index (χ0) is 20.4. The number of hydrogen-bond acceptors (Lipinski definition) is 3. The standard InChI is InChI=1S/C19H14ClF3N2O2S/c20-14-9-10-17(15(12-14)19(21,22)23)28(26,27)25-18(13-6-2-1-3-7-13)16-8-4-5-11-24-16/h1-12,18,25H/t18-/m1/s1. The Hall–Kier alpha value is -2.42. The largest absolute Gasteiger partial charge is 0.417 e. The van der Waals surface area contributed by atoms with Crippen LogP contribution in [0.4, 0.5) is 13.2 Å². The van der Waals surface area contributed by atoms with E-state index in [0.29, 0.717) is 17.3 Å². The molecule has 3 aromatic rings. The molecule has 3 rings (SSSR count). The number of halogens is 4. The second kappa shape index (κ2) is 7.90. The minimum Gasteiger partial charge on any atom is -0.259 e. The third kappa shape index (κ3) is 4.52. The van der Waals surface area contributed by atoms with Crippen LogP contribution >= 0.6 is 11.6 Å². The van der Waals surface area contributed by atoms with Crippen LogP contribution in [0, 0.1) is 0 Å². The molecule has 146 valence electrons. The van der Waals surface area contributed by atoms with E-state index in [1.165, 1.54) is 6.20 Å². The first-order chi connectivity index (χ1) is 13.2. The lowest BCUT2D eigenvalue weighted by Gasteiger charge is -2.20. The molecule has 0 saturated carbocycles. The molecule has 1 N–H and O–H groups in total. The van der Waals surface area contributed by atoms with E-state index in [1.54, 1.807) is 48.5 Å². The van der Waals surface area contributed by atoms with Gasteiger partial charge >= 0.3 is 6.18 Å². The zero-order valence-electron chi connectivity index (χ0n) is 14.2. The van der Waals surface area contributed by atoms with Crippen molar-refractivity contribution >= 4 is 21.6 Å². The van der Waals surface area contributed by atoms with Gasteiger partial charge in [-0.3, -0.25) is 4.98 Å². The number of benzene rings is 2. The summed E-state index contributed by atoms with van der Waals surface area (Å²) >= 11 is 5.65. The van der Waals surface area contributed by atoms with E-state index in [-0.39, 0.29) is 5.02 Å². The van der Waals surface area contributed by atoms with Crippen LogP contribution in [-0.2, 0) is 16.2 Å². The molecule has 0 aliphatic heterocycles. The highest BCUT2D eigenvalue weighted by atomic mass is 35.5. The molecule has 1 aromatic heterocycles. The first-order valence-corrected chi connectivity index (χ1v) is 9.89. The first-order valence-electron chi connectivity index (χ1n) is 8.03. The van der Waals surface area contributed by atoms with E-state index < -0.39 is 32.7 Å². The van der Waals surface area contributed by atoms with E-state index in [9.17, 15) is 21.6 Å². The number of nitrogens with one attached hydrogen (secondary N) is 1. The van der Waals surface area contributed by atoms with Crippen LogP contribution in [0.25, 0.3) is 0 Å². The lowest BCUT2D eigenvalue weighted by Crippen LogP contribution is -2.31. The van der Waals surface area contributed by atoms with Gasteiger partial charge < -0.3 is 0 Å². The summed E-state index contributed by atoms with van der Waals surface area (Å²) in [6.45, 7) is 0. The van der Waals surface area contributed by atoms with Crippen LogP contribution in [0.3, 0.4) is 0 Å². The van der Waals surface area contributed by atoms with Gasteiger partial charge in [-0.25, -0.2) is 8.42 Å². The van der Waals surface area contributed by atoms with Crippen molar-refractivity contribution in [1.82, 2.24) is 9.71 Å². The summed E-state index contributed by atoms with van der Waals surface area (Å²) in [5.74, 6) is 0. The van der Waals surface area contributed by atoms with Gasteiger partial charge in [-0.15, -0.1) is 0 Å². The van der Waals surface area contributed by atoms with Crippen LogP contribution in [0.2, 0.25) is 5.02 Å². The molecule has 0 aliphatic rings. The van der Waals surface area contributed by atoms with Gasteiger partial charge in [0.2, 0.25) is 10.0 Å². The Morgan fingerprint density at radius 3 is 2.25 bits per heavy atom. The van der Waals surface area contributed by atoms with Gasteiger partial charge in [0.1, 0.15) is 0 Å². The first kappa shape index (κ1) is 20.3. The van der Waals surface area contributed by atoms with Gasteiger partial charge in [0, 0.05) is 11.2 Å². The lowest BCUT2D eigenvalue weighted by atomic mass is 10.0. The van der Waals surface area contributed by atoms with E-state index in [4.69, 9.17) is 11.6 Å². The van der Waals surface area contributed by atoms with Gasteiger partial charge in [0.05, 0.1) is 22.2 Å². The van der Waals surface area contributed by atoms with Gasteiger partial charge in [0.15, 0.2) is 0 Å². The summed E-state index contributed by atoms with van der Waals surface area (Å²) < 4.78 is 68.2. The average Bonchev–Trinajstić information content (AvgIpc) is 2.66. The molecule has 0 unspecified atom stereocenters. The fourth-order valence-corrected chi connectivity index (χ4v) is 4.25. The van der Waals surface area contributed by atoms with Crippen LogP contribution in [0.1, 0.15) is 22.9 Å². The van der Waals surface area contributed by atoms with E-state index >= 15 is 0 Å². The lowest BCUT2D eigenvalue weighted by molar-refractivity contribution is -0.139. The Kier molecular flexibility index (Phi) is 5.74. The van der Waals surface area contributed by atoms with Crippen LogP contribution in [0.15, 0.2) is 77.8 Å². The number of rotatable bonds is 5. The van der Waals surface area contributed by atoms with E-state index in [2.05, 4.69) is 9.71 Å². The molecule has 9 heteroatoms. The molecule has 0 spiro atoms. The quantitative estimate of drug-likeness (QED) is 0.636. The number of pyridine rings is 1. The molecule has 1 heterocycles. The van der Waals surface area contributed by atoms with Crippen LogP contribution < -0.4 is 4.72 Å². The van der Waals surface area contributed by atoms with Crippen LogP contribution in [0.5, 0.6) is 0 Å². The maximum absolute atomic E-state index is 13.4. The number of nitrogens with zero attached hydrogens (tertiary/aromatic N) is 1. The molecule has 0 amide bonds. The number of aromatic nitrogens is 1. The maximum Gasteiger partial charge on any atom is 0.417 e. The van der Waals surface area contributed by atoms with Crippen molar-refractivity contribution < 1.29 is 21.6 Å². The number of hydrogen-bond donors (Lipinski definition) is 1. The summed E-state index contributed by atoms with van der Waals surface area (Å²) in [5.41, 5.74) is -0.451. The van der Waals surface area contributed by atoms with Crippen LogP contribution in [-0.4, -0.2) is 13.4 Å². The topological polar surface area (TPSA) is 59.1 Å². The Balaban J connectivity index is 2.09. The smallest absolute Gasteiger partial charge is 0.259 e. The normalized spacial score (nSPS) is 13.3. The van der Waals surface area contributed by atoms with Crippen molar-refractivity contribution in [1.29, 1.82) is 0 Å². The fraction of sp³-hybridized carbons (Fsp3) is 0.105. The van der Waals surface area contributed by atoms with Crippen molar-refractivity contribution in [3.05, 3.63) is 94.8 Å². The fourth-order valence-electron chi connectivity index (χ4n) is 2.67. The molecule has 0 aliphatic carbocycles. The van der Waals surface area contributed by atoms with Gasteiger partial charge in [-0.2, -0.15) is 17.9 Å². The van der Waals surface area contributed by atoms with Gasteiger partial charge in [-0.05, 0) is 35.9 Å². The molecule has 0 fully saturated rings. The summed E-state index contributed by atoms with van der Waals surface area (Å²) in [5, 5.41) is -0.212. The average molecular weight is 427 g/mol. The predicted molar refractivity (Wildman–Crippen MR) is 99.3 cm³/mol. The SMILES string of the molecule is O=S(=O)(N[C@H](c1ccccc1)c1ccccn1)c1ccc(Cl)cc1C(F)(F)F. The molecular formula is C19H14ClF3N2O2S. The Morgan fingerprint density at radius 2 is 1.64 bits per heavy atom. The highest BCUT2D eigenvalue weighted by Gasteiger charge is 2.38. The maximum atomic E-state index is 13.4. The molecule has 0 bridgehead atoms. The van der Waals surface area contributed by atoms with Gasteiger partial charge in [0.25, 0.3) is 0 Å². The summed E-state index contributed by atoms with van der Waals surface area (Å²) in [6.07, 6.45) is -3.41. The van der Waals surface area contributed by atoms with Crippen molar-refractivity contribution in [3.8, 4) is 0 Å². The Morgan fingerprint density at radius 1 is 0.964 bits per heavy atom. The van der Waals surface area contributed by atoms with Crippen molar-refractivity contribution in [3.63, 3.8) is 0 Å². The molecule has 2 aromatic carbocycles. The summed E-state index contributed by atoms with van der Waals surface area (Å²) in [4.78, 5) is 3.25. The molecular weight excluding hydrogens is 413 g/mol.